The standard InChI is InChI=1S/C16H23N3O4/c1-10-5-6-13(14(7-10)19(21)22)17-11-8-12(9-11)18-15(20)23-16(2,3)4/h5-7,11-12,17H,8-9H2,1-4H3,(H,18,20). The van der Waals surface area contributed by atoms with Crippen molar-refractivity contribution in [3.05, 3.63) is 33.9 Å². The second kappa shape index (κ2) is 6.44. The van der Waals surface area contributed by atoms with Gasteiger partial charge in [-0.2, -0.15) is 0 Å². The maximum Gasteiger partial charge on any atom is 0.407 e. The number of aryl methyl sites for hydroxylation is 1. The van der Waals surface area contributed by atoms with E-state index in [9.17, 15) is 14.9 Å². The Labute approximate surface area is 135 Å². The Balaban J connectivity index is 1.85. The van der Waals surface area contributed by atoms with Crippen LogP contribution in [-0.2, 0) is 4.74 Å². The minimum Gasteiger partial charge on any atom is -0.444 e. The van der Waals surface area contributed by atoms with E-state index in [0.29, 0.717) is 18.5 Å². The predicted octanol–water partition coefficient (Wildman–Crippen LogP) is 3.37. The SMILES string of the molecule is Cc1ccc(NC2CC(NC(=O)OC(C)(C)C)C2)c([N+](=O)[O-])c1. The minimum atomic E-state index is -0.520. The second-order valence-corrected chi connectivity index (χ2v) is 6.93. The van der Waals surface area contributed by atoms with Gasteiger partial charge in [-0.15, -0.1) is 0 Å². The fourth-order valence-electron chi connectivity index (χ4n) is 2.46. The predicted molar refractivity (Wildman–Crippen MR) is 87.6 cm³/mol. The smallest absolute Gasteiger partial charge is 0.407 e. The molecule has 1 aliphatic carbocycles. The molecule has 0 radical (unpaired) electrons. The Morgan fingerprint density at radius 3 is 2.52 bits per heavy atom. The van der Waals surface area contributed by atoms with Crippen molar-refractivity contribution in [1.29, 1.82) is 0 Å². The number of carbonyl (C=O) groups is 1. The number of rotatable bonds is 4. The lowest BCUT2D eigenvalue weighted by Crippen LogP contribution is -2.50. The molecule has 1 aliphatic rings. The first-order chi connectivity index (χ1) is 10.6. The summed E-state index contributed by atoms with van der Waals surface area (Å²) in [6.07, 6.45) is 0.997. The number of hydrogen-bond donors (Lipinski definition) is 2. The third-order valence-corrected chi connectivity index (χ3v) is 3.57. The van der Waals surface area contributed by atoms with Gasteiger partial charge in [0.2, 0.25) is 0 Å². The summed E-state index contributed by atoms with van der Waals surface area (Å²) in [6.45, 7) is 7.26. The van der Waals surface area contributed by atoms with E-state index in [1.54, 1.807) is 12.1 Å². The monoisotopic (exact) mass is 321 g/mol. The Morgan fingerprint density at radius 1 is 1.30 bits per heavy atom. The Hall–Kier alpha value is -2.31. The van der Waals surface area contributed by atoms with E-state index in [1.165, 1.54) is 0 Å². The topological polar surface area (TPSA) is 93.5 Å². The van der Waals surface area contributed by atoms with E-state index in [1.807, 2.05) is 33.8 Å². The van der Waals surface area contributed by atoms with Crippen LogP contribution in [0.5, 0.6) is 0 Å². The average Bonchev–Trinajstić information content (AvgIpc) is 2.35. The first-order valence-corrected chi connectivity index (χ1v) is 7.65. The summed E-state index contributed by atoms with van der Waals surface area (Å²) in [6, 6.07) is 5.26. The lowest BCUT2D eigenvalue weighted by atomic mass is 9.86. The summed E-state index contributed by atoms with van der Waals surface area (Å²) < 4.78 is 5.20. The lowest BCUT2D eigenvalue weighted by molar-refractivity contribution is -0.384. The highest BCUT2D eigenvalue weighted by Crippen LogP contribution is 2.30. The van der Waals surface area contributed by atoms with E-state index >= 15 is 0 Å². The molecule has 0 atom stereocenters. The fourth-order valence-corrected chi connectivity index (χ4v) is 2.46. The van der Waals surface area contributed by atoms with Crippen molar-refractivity contribution in [3.63, 3.8) is 0 Å². The molecule has 0 aliphatic heterocycles. The highest BCUT2D eigenvalue weighted by Gasteiger charge is 2.32. The van der Waals surface area contributed by atoms with Crippen molar-refractivity contribution in [1.82, 2.24) is 5.32 Å². The van der Waals surface area contributed by atoms with Crippen molar-refractivity contribution in [3.8, 4) is 0 Å². The molecular weight excluding hydrogens is 298 g/mol. The van der Waals surface area contributed by atoms with Crippen LogP contribution in [0, 0.1) is 17.0 Å². The van der Waals surface area contributed by atoms with Crippen molar-refractivity contribution in [2.75, 3.05) is 5.32 Å². The van der Waals surface area contributed by atoms with Crippen molar-refractivity contribution in [2.45, 2.75) is 58.2 Å². The zero-order valence-corrected chi connectivity index (χ0v) is 13.9. The van der Waals surface area contributed by atoms with E-state index in [-0.39, 0.29) is 22.7 Å². The van der Waals surface area contributed by atoms with Gasteiger partial charge in [0.25, 0.3) is 5.69 Å². The molecule has 7 nitrogen and oxygen atoms in total. The number of ether oxygens (including phenoxy) is 1. The summed E-state index contributed by atoms with van der Waals surface area (Å²) in [5, 5.41) is 17.1. The molecule has 23 heavy (non-hydrogen) atoms. The average molecular weight is 321 g/mol. The molecule has 126 valence electrons. The number of benzene rings is 1. The van der Waals surface area contributed by atoms with Crippen LogP contribution >= 0.6 is 0 Å². The summed E-state index contributed by atoms with van der Waals surface area (Å²) >= 11 is 0. The molecule has 1 amide bonds. The normalized spacial score (nSPS) is 20.3. The van der Waals surface area contributed by atoms with Crippen LogP contribution < -0.4 is 10.6 Å². The first kappa shape index (κ1) is 17.1. The zero-order chi connectivity index (χ0) is 17.2. The number of nitrogens with zero attached hydrogens (tertiary/aromatic N) is 1. The summed E-state index contributed by atoms with van der Waals surface area (Å²) in [5.74, 6) is 0. The van der Waals surface area contributed by atoms with Gasteiger partial charge in [-0.3, -0.25) is 10.1 Å². The molecule has 1 fully saturated rings. The number of amides is 1. The largest absolute Gasteiger partial charge is 0.444 e. The molecule has 0 saturated heterocycles. The number of carbonyl (C=O) groups excluding carboxylic acids is 1. The van der Waals surface area contributed by atoms with Crippen LogP contribution in [-0.4, -0.2) is 28.7 Å². The van der Waals surface area contributed by atoms with Gasteiger partial charge >= 0.3 is 6.09 Å². The molecule has 0 unspecified atom stereocenters. The summed E-state index contributed by atoms with van der Waals surface area (Å²) in [5.41, 5.74) is 0.920. The summed E-state index contributed by atoms with van der Waals surface area (Å²) in [7, 11) is 0. The molecule has 2 rings (SSSR count). The van der Waals surface area contributed by atoms with Gasteiger partial charge in [-0.25, -0.2) is 4.79 Å². The highest BCUT2D eigenvalue weighted by atomic mass is 16.6. The number of anilines is 1. The van der Waals surface area contributed by atoms with Gasteiger partial charge < -0.3 is 15.4 Å². The molecule has 2 N–H and O–H groups in total. The van der Waals surface area contributed by atoms with Crippen molar-refractivity contribution < 1.29 is 14.5 Å². The number of nitrogens with one attached hydrogen (secondary N) is 2. The van der Waals surface area contributed by atoms with Crippen LogP contribution in [0.3, 0.4) is 0 Å². The number of hydrogen-bond acceptors (Lipinski definition) is 5. The van der Waals surface area contributed by atoms with Crippen LogP contribution in [0.4, 0.5) is 16.2 Å². The van der Waals surface area contributed by atoms with Crippen molar-refractivity contribution in [2.24, 2.45) is 0 Å². The molecule has 0 heterocycles. The van der Waals surface area contributed by atoms with Crippen LogP contribution in [0.15, 0.2) is 18.2 Å². The van der Waals surface area contributed by atoms with Gasteiger partial charge in [0.1, 0.15) is 11.3 Å². The second-order valence-electron chi connectivity index (χ2n) is 6.93. The van der Waals surface area contributed by atoms with Gasteiger partial charge in [-0.05, 0) is 52.2 Å². The van der Waals surface area contributed by atoms with E-state index in [0.717, 1.165) is 5.56 Å². The first-order valence-electron chi connectivity index (χ1n) is 7.65. The Bertz CT molecular complexity index is 604. The summed E-state index contributed by atoms with van der Waals surface area (Å²) in [4.78, 5) is 22.4. The Morgan fingerprint density at radius 2 is 1.96 bits per heavy atom. The quantitative estimate of drug-likeness (QED) is 0.655. The van der Waals surface area contributed by atoms with E-state index in [4.69, 9.17) is 4.74 Å². The lowest BCUT2D eigenvalue weighted by Gasteiger charge is -2.37. The third kappa shape index (κ3) is 4.84. The third-order valence-electron chi connectivity index (χ3n) is 3.57. The highest BCUT2D eigenvalue weighted by molar-refractivity contribution is 5.68. The van der Waals surface area contributed by atoms with Gasteiger partial charge in [-0.1, -0.05) is 6.07 Å². The molecule has 0 aromatic heterocycles. The van der Waals surface area contributed by atoms with E-state index < -0.39 is 11.7 Å². The fraction of sp³-hybridized carbons (Fsp3) is 0.562. The van der Waals surface area contributed by atoms with Crippen molar-refractivity contribution >= 4 is 17.5 Å². The number of alkyl carbamates (subject to hydrolysis) is 1. The van der Waals surface area contributed by atoms with Gasteiger partial charge in [0.05, 0.1) is 4.92 Å². The molecular formula is C16H23N3O4. The molecule has 1 saturated carbocycles. The van der Waals surface area contributed by atoms with Crippen LogP contribution in [0.1, 0.15) is 39.2 Å². The molecule has 0 spiro atoms. The maximum atomic E-state index is 11.7. The molecule has 1 aromatic rings. The van der Waals surface area contributed by atoms with Gasteiger partial charge in [0.15, 0.2) is 0 Å². The number of nitro benzene ring substituents is 1. The maximum absolute atomic E-state index is 11.7. The van der Waals surface area contributed by atoms with Gasteiger partial charge in [0, 0.05) is 18.2 Å². The molecule has 0 bridgehead atoms. The van der Waals surface area contributed by atoms with Crippen LogP contribution in [0.25, 0.3) is 0 Å². The molecule has 7 heteroatoms. The zero-order valence-electron chi connectivity index (χ0n) is 13.9. The minimum absolute atomic E-state index is 0.0341. The van der Waals surface area contributed by atoms with E-state index in [2.05, 4.69) is 10.6 Å². The molecule has 1 aromatic carbocycles. The number of nitro groups is 1. The Kier molecular flexibility index (Phi) is 4.77. The van der Waals surface area contributed by atoms with Crippen LogP contribution in [0.2, 0.25) is 0 Å².